The summed E-state index contributed by atoms with van der Waals surface area (Å²) >= 11 is 0. The number of amides is 1. The third kappa shape index (κ3) is 2.97. The average molecular weight is 204 g/mol. The number of hydrogen-bond donors (Lipinski definition) is 4. The molecule has 14 heavy (non-hydrogen) atoms. The maximum Gasteiger partial charge on any atom is 0.326 e. The second-order valence-electron chi connectivity index (χ2n) is 3.28. The predicted molar refractivity (Wildman–Crippen MR) is 49.3 cm³/mol. The first-order valence-electron chi connectivity index (χ1n) is 4.33. The molecule has 2 unspecified atom stereocenters. The summed E-state index contributed by atoms with van der Waals surface area (Å²) < 4.78 is 0. The summed E-state index contributed by atoms with van der Waals surface area (Å²) in [7, 11) is 0. The zero-order valence-electron chi connectivity index (χ0n) is 8.06. The maximum absolute atomic E-state index is 10.8. The summed E-state index contributed by atoms with van der Waals surface area (Å²) in [5, 5.41) is 18.2. The Bertz CT molecular complexity index is 231. The van der Waals surface area contributed by atoms with Crippen molar-refractivity contribution >= 4 is 11.9 Å². The Kier molecular flexibility index (Phi) is 4.52. The lowest BCUT2D eigenvalue weighted by atomic mass is 9.87. The summed E-state index contributed by atoms with van der Waals surface area (Å²) in [6.45, 7) is 1.74. The highest BCUT2D eigenvalue weighted by Gasteiger charge is 2.41. The molecule has 0 aromatic heterocycles. The number of aliphatic carboxylic acids is 1. The van der Waals surface area contributed by atoms with E-state index in [2.05, 4.69) is 0 Å². The minimum Gasteiger partial charge on any atom is -0.480 e. The number of carboxylic acids is 1. The van der Waals surface area contributed by atoms with Crippen molar-refractivity contribution in [3.63, 3.8) is 0 Å². The summed E-state index contributed by atoms with van der Waals surface area (Å²) in [6.07, 6.45) is -1.30. The largest absolute Gasteiger partial charge is 0.480 e. The molecule has 2 atom stereocenters. The lowest BCUT2D eigenvalue weighted by Crippen LogP contribution is -2.58. The van der Waals surface area contributed by atoms with E-state index in [1.807, 2.05) is 0 Å². The van der Waals surface area contributed by atoms with E-state index < -0.39 is 29.9 Å². The smallest absolute Gasteiger partial charge is 0.326 e. The van der Waals surface area contributed by atoms with E-state index in [0.29, 0.717) is 6.42 Å². The first kappa shape index (κ1) is 12.9. The van der Waals surface area contributed by atoms with Crippen molar-refractivity contribution in [3.8, 4) is 0 Å². The zero-order valence-corrected chi connectivity index (χ0v) is 8.06. The van der Waals surface area contributed by atoms with Gasteiger partial charge in [0.25, 0.3) is 0 Å². The molecule has 0 saturated heterocycles. The maximum atomic E-state index is 10.8. The van der Waals surface area contributed by atoms with Crippen LogP contribution in [-0.4, -0.2) is 33.7 Å². The Morgan fingerprint density at radius 1 is 1.50 bits per heavy atom. The second-order valence-corrected chi connectivity index (χ2v) is 3.28. The van der Waals surface area contributed by atoms with Gasteiger partial charge in [-0.1, -0.05) is 13.3 Å². The van der Waals surface area contributed by atoms with E-state index >= 15 is 0 Å². The molecule has 0 bridgehead atoms. The summed E-state index contributed by atoms with van der Waals surface area (Å²) in [5.74, 6) is -2.10. The van der Waals surface area contributed by atoms with E-state index in [1.165, 1.54) is 0 Å². The molecule has 0 aliphatic rings. The molecule has 0 heterocycles. The number of nitrogens with two attached hydrogens (primary N) is 2. The van der Waals surface area contributed by atoms with Gasteiger partial charge in [-0.15, -0.1) is 0 Å². The Morgan fingerprint density at radius 2 is 2.00 bits per heavy atom. The molecule has 6 heteroatoms. The van der Waals surface area contributed by atoms with E-state index in [1.54, 1.807) is 6.92 Å². The van der Waals surface area contributed by atoms with Crippen LogP contribution in [0.15, 0.2) is 0 Å². The van der Waals surface area contributed by atoms with Crippen LogP contribution in [0, 0.1) is 0 Å². The van der Waals surface area contributed by atoms with Gasteiger partial charge in [-0.05, 0) is 6.42 Å². The van der Waals surface area contributed by atoms with Crippen LogP contribution in [0.4, 0.5) is 0 Å². The first-order chi connectivity index (χ1) is 6.34. The Labute approximate surface area is 81.9 Å². The molecular formula is C8H16N2O4. The molecule has 6 nitrogen and oxygen atoms in total. The van der Waals surface area contributed by atoms with E-state index in [4.69, 9.17) is 16.6 Å². The minimum atomic E-state index is -1.79. The van der Waals surface area contributed by atoms with Gasteiger partial charge < -0.3 is 21.7 Å². The molecule has 0 spiro atoms. The van der Waals surface area contributed by atoms with Gasteiger partial charge in [-0.3, -0.25) is 9.59 Å². The molecule has 1 amide bonds. The lowest BCUT2D eigenvalue weighted by Gasteiger charge is -2.28. The van der Waals surface area contributed by atoms with E-state index in [-0.39, 0.29) is 6.42 Å². The van der Waals surface area contributed by atoms with Crippen molar-refractivity contribution in [3.05, 3.63) is 0 Å². The lowest BCUT2D eigenvalue weighted by molar-refractivity contribution is -0.149. The number of carboxylic acid groups (broad SMARTS) is 1. The third-order valence-corrected chi connectivity index (χ3v) is 2.05. The van der Waals surface area contributed by atoms with Crippen LogP contribution in [0.2, 0.25) is 0 Å². The highest BCUT2D eigenvalue weighted by Crippen LogP contribution is 2.17. The van der Waals surface area contributed by atoms with Crippen LogP contribution in [0.1, 0.15) is 26.2 Å². The third-order valence-electron chi connectivity index (χ3n) is 2.05. The molecule has 0 rings (SSSR count). The fraction of sp³-hybridized carbons (Fsp3) is 0.750. The van der Waals surface area contributed by atoms with Gasteiger partial charge in [0.2, 0.25) is 5.91 Å². The van der Waals surface area contributed by atoms with Gasteiger partial charge in [0, 0.05) is 0 Å². The number of hydrogen-bond acceptors (Lipinski definition) is 4. The van der Waals surface area contributed by atoms with Gasteiger partial charge in [0.05, 0.1) is 12.5 Å². The molecule has 6 N–H and O–H groups in total. The molecule has 0 aliphatic carbocycles. The number of aliphatic hydroxyl groups excluding tert-OH is 1. The quantitative estimate of drug-likeness (QED) is 0.432. The fourth-order valence-corrected chi connectivity index (χ4v) is 1.20. The Balaban J connectivity index is 4.63. The van der Waals surface area contributed by atoms with Gasteiger partial charge >= 0.3 is 5.97 Å². The molecule has 0 radical (unpaired) electrons. The van der Waals surface area contributed by atoms with E-state index in [0.717, 1.165) is 0 Å². The van der Waals surface area contributed by atoms with Gasteiger partial charge in [0.1, 0.15) is 5.54 Å². The Morgan fingerprint density at radius 3 is 2.29 bits per heavy atom. The highest BCUT2D eigenvalue weighted by molar-refractivity contribution is 5.82. The van der Waals surface area contributed by atoms with E-state index in [9.17, 15) is 14.7 Å². The van der Waals surface area contributed by atoms with Crippen LogP contribution < -0.4 is 11.5 Å². The molecule has 0 aliphatic heterocycles. The van der Waals surface area contributed by atoms with Crippen LogP contribution >= 0.6 is 0 Å². The average Bonchev–Trinajstić information content (AvgIpc) is 2.02. The number of primary amides is 1. The van der Waals surface area contributed by atoms with Crippen molar-refractivity contribution in [1.82, 2.24) is 0 Å². The van der Waals surface area contributed by atoms with Gasteiger partial charge in [-0.25, -0.2) is 0 Å². The molecular weight excluding hydrogens is 188 g/mol. The molecule has 82 valence electrons. The van der Waals surface area contributed by atoms with Crippen molar-refractivity contribution in [1.29, 1.82) is 0 Å². The van der Waals surface area contributed by atoms with Gasteiger partial charge in [-0.2, -0.15) is 0 Å². The van der Waals surface area contributed by atoms with Crippen LogP contribution in [0.3, 0.4) is 0 Å². The molecule has 0 aromatic rings. The van der Waals surface area contributed by atoms with Crippen molar-refractivity contribution in [2.75, 3.05) is 0 Å². The zero-order chi connectivity index (χ0) is 11.4. The monoisotopic (exact) mass is 204 g/mol. The SMILES string of the molecule is CCCC(N)(C(=O)O)C(O)CC(N)=O. The van der Waals surface area contributed by atoms with Crippen LogP contribution in [-0.2, 0) is 9.59 Å². The number of aliphatic hydroxyl groups is 1. The summed E-state index contributed by atoms with van der Waals surface area (Å²) in [4.78, 5) is 21.3. The molecule has 0 saturated carbocycles. The number of carbonyl (C=O) groups excluding carboxylic acids is 1. The summed E-state index contributed by atoms with van der Waals surface area (Å²) in [6, 6.07) is 0. The number of rotatable bonds is 6. The first-order valence-corrected chi connectivity index (χ1v) is 4.33. The fourth-order valence-electron chi connectivity index (χ4n) is 1.20. The normalized spacial score (nSPS) is 17.1. The van der Waals surface area contributed by atoms with Gasteiger partial charge in [0.15, 0.2) is 0 Å². The highest BCUT2D eigenvalue weighted by atomic mass is 16.4. The standard InChI is InChI=1S/C8H16N2O4/c1-2-3-8(10,7(13)14)5(11)4-6(9)12/h5,11H,2-4,10H2,1H3,(H2,9,12)(H,13,14). The summed E-state index contributed by atoms with van der Waals surface area (Å²) in [5.41, 5.74) is 8.54. The second kappa shape index (κ2) is 4.92. The molecule has 0 aromatic carbocycles. The minimum absolute atomic E-state index is 0.0940. The van der Waals surface area contributed by atoms with Crippen LogP contribution in [0.25, 0.3) is 0 Å². The Hall–Kier alpha value is -1.14. The van der Waals surface area contributed by atoms with Crippen molar-refractivity contribution < 1.29 is 19.8 Å². The van der Waals surface area contributed by atoms with Crippen molar-refractivity contribution in [2.24, 2.45) is 11.5 Å². The topological polar surface area (TPSA) is 127 Å². The number of carbonyl (C=O) groups is 2. The van der Waals surface area contributed by atoms with Crippen LogP contribution in [0.5, 0.6) is 0 Å². The predicted octanol–water partition coefficient (Wildman–Crippen LogP) is -1.20. The van der Waals surface area contributed by atoms with Crippen molar-refractivity contribution in [2.45, 2.75) is 37.8 Å². The molecule has 0 fully saturated rings.